The Morgan fingerprint density at radius 2 is 2.07 bits per heavy atom. The highest BCUT2D eigenvalue weighted by Crippen LogP contribution is 2.35. The summed E-state index contributed by atoms with van der Waals surface area (Å²) in [5.74, 6) is 1.74. The van der Waals surface area contributed by atoms with Crippen molar-refractivity contribution in [3.8, 4) is 0 Å². The second-order valence-electron chi connectivity index (χ2n) is 3.83. The topological polar surface area (TPSA) is 26.3 Å². The van der Waals surface area contributed by atoms with Gasteiger partial charge in [0.2, 0.25) is 0 Å². The summed E-state index contributed by atoms with van der Waals surface area (Å²) in [6, 6.07) is 0. The van der Waals surface area contributed by atoms with E-state index in [4.69, 9.17) is 4.74 Å². The first-order valence-corrected chi connectivity index (χ1v) is 7.15. The van der Waals surface area contributed by atoms with Gasteiger partial charge in [-0.1, -0.05) is 19.1 Å². The van der Waals surface area contributed by atoms with Crippen molar-refractivity contribution in [2.45, 2.75) is 26.7 Å². The van der Waals surface area contributed by atoms with Crippen molar-refractivity contribution in [3.63, 3.8) is 0 Å². The smallest absolute Gasteiger partial charge is 0.305 e. The first kappa shape index (κ1) is 12.4. The van der Waals surface area contributed by atoms with Crippen LogP contribution in [0.5, 0.6) is 0 Å². The summed E-state index contributed by atoms with van der Waals surface area (Å²) in [6.07, 6.45) is 5.73. The summed E-state index contributed by atoms with van der Waals surface area (Å²) < 4.78 is 4.90. The molecule has 3 heteroatoms. The Labute approximate surface area is 94.7 Å². The summed E-state index contributed by atoms with van der Waals surface area (Å²) in [5, 5.41) is 4.55. The number of carbonyl (C=O) groups excluding carboxylic acids is 1. The molecule has 0 unspecified atom stereocenters. The van der Waals surface area contributed by atoms with Gasteiger partial charge >= 0.3 is 5.97 Å². The molecule has 1 heterocycles. The number of thiol groups is 1. The van der Waals surface area contributed by atoms with Crippen molar-refractivity contribution in [1.29, 1.82) is 0 Å². The molecular formula is C12H20O2S. The number of carbonyl (C=O) groups is 1. The highest BCUT2D eigenvalue weighted by molar-refractivity contribution is 8.22. The van der Waals surface area contributed by atoms with E-state index < -0.39 is 0 Å². The van der Waals surface area contributed by atoms with Crippen molar-refractivity contribution in [1.82, 2.24) is 0 Å². The molecule has 0 aromatic rings. The summed E-state index contributed by atoms with van der Waals surface area (Å²) in [6.45, 7) is 4.55. The van der Waals surface area contributed by atoms with Gasteiger partial charge in [-0.15, -0.1) is 0 Å². The Morgan fingerprint density at radius 1 is 1.40 bits per heavy atom. The first-order valence-electron chi connectivity index (χ1n) is 5.48. The molecule has 0 amide bonds. The molecule has 0 aromatic carbocycles. The first-order chi connectivity index (χ1) is 7.22. The van der Waals surface area contributed by atoms with Crippen LogP contribution in [0, 0.1) is 5.92 Å². The van der Waals surface area contributed by atoms with Gasteiger partial charge in [0, 0.05) is 6.42 Å². The van der Waals surface area contributed by atoms with E-state index in [0.29, 0.717) is 18.9 Å². The molecule has 0 radical (unpaired) electrons. The maximum atomic E-state index is 11.1. The quantitative estimate of drug-likeness (QED) is 0.559. The average Bonchev–Trinajstić information content (AvgIpc) is 2.68. The van der Waals surface area contributed by atoms with Crippen LogP contribution in [-0.4, -0.2) is 18.3 Å². The van der Waals surface area contributed by atoms with E-state index in [1.54, 1.807) is 0 Å². The van der Waals surface area contributed by atoms with Crippen LogP contribution < -0.4 is 0 Å². The number of esters is 1. The predicted molar refractivity (Wildman–Crippen MR) is 67.2 cm³/mol. The molecule has 0 bridgehead atoms. The lowest BCUT2D eigenvalue weighted by Crippen LogP contribution is -2.08. The fourth-order valence-corrected chi connectivity index (χ4v) is 3.43. The minimum Gasteiger partial charge on any atom is -0.466 e. The Balaban J connectivity index is 2.12. The van der Waals surface area contributed by atoms with Crippen molar-refractivity contribution >= 4 is 16.9 Å². The molecule has 1 atom stereocenters. The minimum atomic E-state index is -0.0605. The van der Waals surface area contributed by atoms with Crippen molar-refractivity contribution in [2.24, 2.45) is 5.92 Å². The zero-order valence-corrected chi connectivity index (χ0v) is 10.4. The highest BCUT2D eigenvalue weighted by Gasteiger charge is 2.10. The molecule has 0 aromatic heterocycles. The Bertz CT molecular complexity index is 246. The second-order valence-corrected chi connectivity index (χ2v) is 5.82. The second kappa shape index (κ2) is 6.72. The van der Waals surface area contributed by atoms with Gasteiger partial charge in [0.1, 0.15) is 0 Å². The third-order valence-electron chi connectivity index (χ3n) is 2.34. The van der Waals surface area contributed by atoms with E-state index in [1.165, 1.54) is 5.75 Å². The lowest BCUT2D eigenvalue weighted by Gasteiger charge is -2.16. The fraction of sp³-hybridized carbons (Fsp3) is 0.583. The SMILES string of the molecule is CCOC(=O)CC[C@H](C)C[SH]1C=CC=C1. The van der Waals surface area contributed by atoms with Crippen LogP contribution in [0.25, 0.3) is 0 Å². The highest BCUT2D eigenvalue weighted by atomic mass is 32.2. The number of allylic oxidation sites excluding steroid dienone is 2. The number of ether oxygens (including phenoxy) is 1. The third-order valence-corrected chi connectivity index (χ3v) is 4.49. The predicted octanol–water partition coefficient (Wildman–Crippen LogP) is 3.01. The van der Waals surface area contributed by atoms with Gasteiger partial charge in [-0.3, -0.25) is 4.79 Å². The lowest BCUT2D eigenvalue weighted by atomic mass is 10.1. The standard InChI is InChI=1S/C12H20O2S/c1-3-14-12(13)7-6-11(2)10-15-8-4-5-9-15/h4-5,8-9,11,15H,3,6-7,10H2,1-2H3/t11-/m0/s1. The van der Waals surface area contributed by atoms with Gasteiger partial charge in [0.15, 0.2) is 0 Å². The molecule has 0 saturated heterocycles. The molecule has 1 aliphatic heterocycles. The molecule has 86 valence electrons. The molecule has 0 aliphatic carbocycles. The molecule has 1 rings (SSSR count). The normalized spacial score (nSPS) is 18.1. The van der Waals surface area contributed by atoms with Crippen molar-refractivity contribution < 1.29 is 9.53 Å². The largest absolute Gasteiger partial charge is 0.466 e. The van der Waals surface area contributed by atoms with Gasteiger partial charge in [0.25, 0.3) is 0 Å². The lowest BCUT2D eigenvalue weighted by molar-refractivity contribution is -0.143. The summed E-state index contributed by atoms with van der Waals surface area (Å²) >= 11 is 0. The van der Waals surface area contributed by atoms with Gasteiger partial charge in [-0.05, 0) is 35.8 Å². The molecule has 15 heavy (non-hydrogen) atoms. The molecular weight excluding hydrogens is 208 g/mol. The van der Waals surface area contributed by atoms with Crippen LogP contribution in [-0.2, 0) is 9.53 Å². The van der Waals surface area contributed by atoms with Gasteiger partial charge in [-0.2, -0.15) is 0 Å². The van der Waals surface area contributed by atoms with Crippen LogP contribution in [0.4, 0.5) is 0 Å². The van der Waals surface area contributed by atoms with E-state index in [-0.39, 0.29) is 16.9 Å². The zero-order chi connectivity index (χ0) is 11.1. The molecule has 0 N–H and O–H groups in total. The maximum absolute atomic E-state index is 11.1. The van der Waals surface area contributed by atoms with Crippen LogP contribution in [0.3, 0.4) is 0 Å². The Kier molecular flexibility index (Phi) is 5.54. The molecule has 2 nitrogen and oxygen atoms in total. The minimum absolute atomic E-state index is 0.0365. The van der Waals surface area contributed by atoms with Crippen molar-refractivity contribution in [2.75, 3.05) is 12.4 Å². The van der Waals surface area contributed by atoms with E-state index in [0.717, 1.165) is 6.42 Å². The van der Waals surface area contributed by atoms with Gasteiger partial charge < -0.3 is 4.74 Å². The van der Waals surface area contributed by atoms with Gasteiger partial charge in [0.05, 0.1) is 6.61 Å². The maximum Gasteiger partial charge on any atom is 0.305 e. The molecule has 0 saturated carbocycles. The van der Waals surface area contributed by atoms with E-state index in [9.17, 15) is 4.79 Å². The van der Waals surface area contributed by atoms with Gasteiger partial charge in [-0.25, -0.2) is 10.9 Å². The van der Waals surface area contributed by atoms with Crippen molar-refractivity contribution in [3.05, 3.63) is 23.0 Å². The number of hydrogen-bond acceptors (Lipinski definition) is 2. The molecule has 0 spiro atoms. The number of hydrogen-bond donors (Lipinski definition) is 1. The molecule has 0 fully saturated rings. The average molecular weight is 228 g/mol. The fourth-order valence-electron chi connectivity index (χ4n) is 1.54. The third kappa shape index (κ3) is 5.07. The Morgan fingerprint density at radius 3 is 2.67 bits per heavy atom. The summed E-state index contributed by atoms with van der Waals surface area (Å²) in [7, 11) is -0.0365. The van der Waals surface area contributed by atoms with Crippen LogP contribution in [0.2, 0.25) is 0 Å². The van der Waals surface area contributed by atoms with E-state index in [2.05, 4.69) is 29.9 Å². The van der Waals surface area contributed by atoms with E-state index >= 15 is 0 Å². The molecule has 1 aliphatic rings. The Hall–Kier alpha value is -0.700. The monoisotopic (exact) mass is 228 g/mol. The van der Waals surface area contributed by atoms with Crippen LogP contribution >= 0.6 is 10.9 Å². The zero-order valence-electron chi connectivity index (χ0n) is 9.48. The van der Waals surface area contributed by atoms with Crippen LogP contribution in [0.1, 0.15) is 26.7 Å². The van der Waals surface area contributed by atoms with E-state index in [1.807, 2.05) is 6.92 Å². The van der Waals surface area contributed by atoms with Crippen LogP contribution in [0.15, 0.2) is 23.0 Å². The summed E-state index contributed by atoms with van der Waals surface area (Å²) in [5.41, 5.74) is 0. The summed E-state index contributed by atoms with van der Waals surface area (Å²) in [4.78, 5) is 11.1. The number of rotatable bonds is 6.